The third-order valence-electron chi connectivity index (χ3n) is 5.93. The second kappa shape index (κ2) is 8.69. The van der Waals surface area contributed by atoms with Crippen LogP contribution in [0.3, 0.4) is 0 Å². The van der Waals surface area contributed by atoms with Crippen LogP contribution in [0.25, 0.3) is 16.3 Å². The Morgan fingerprint density at radius 2 is 1.59 bits per heavy atom. The summed E-state index contributed by atoms with van der Waals surface area (Å²) in [4.78, 5) is 29.0. The quantitative estimate of drug-likeness (QED) is 0.354. The van der Waals surface area contributed by atoms with Crippen molar-refractivity contribution in [2.24, 2.45) is 0 Å². The summed E-state index contributed by atoms with van der Waals surface area (Å²) in [5.41, 5.74) is 3.02. The highest BCUT2D eigenvalue weighted by Crippen LogP contribution is 2.39. The fourth-order valence-corrected chi connectivity index (χ4v) is 4.40. The first-order chi connectivity index (χ1) is 16.5. The van der Waals surface area contributed by atoms with Crippen LogP contribution in [0.2, 0.25) is 5.02 Å². The van der Waals surface area contributed by atoms with Crippen LogP contribution in [0, 0.1) is 6.92 Å². The van der Waals surface area contributed by atoms with E-state index < -0.39 is 11.8 Å². The Morgan fingerprint density at radius 1 is 0.853 bits per heavy atom. The lowest BCUT2D eigenvalue weighted by Gasteiger charge is -2.18. The summed E-state index contributed by atoms with van der Waals surface area (Å²) in [6.07, 6.45) is 0. The number of nitrogens with zero attached hydrogens (tertiary/aromatic N) is 1. The van der Waals surface area contributed by atoms with Crippen LogP contribution in [0.15, 0.2) is 90.6 Å². The highest BCUT2D eigenvalue weighted by atomic mass is 35.5. The fourth-order valence-electron chi connectivity index (χ4n) is 4.23. The summed E-state index contributed by atoms with van der Waals surface area (Å²) < 4.78 is 5.53. The molecule has 1 heterocycles. The first-order valence-electron chi connectivity index (χ1n) is 10.8. The number of halogens is 1. The molecule has 1 aliphatic rings. The van der Waals surface area contributed by atoms with E-state index in [2.05, 4.69) is 5.32 Å². The summed E-state index contributed by atoms with van der Waals surface area (Å²) in [5.74, 6) is -0.366. The Kier molecular flexibility index (Phi) is 5.56. The number of para-hydroxylation sites is 1. The zero-order valence-corrected chi connectivity index (χ0v) is 19.4. The maximum absolute atomic E-state index is 13.9. The molecule has 168 valence electrons. The van der Waals surface area contributed by atoms with Gasteiger partial charge in [-0.05, 0) is 42.1 Å². The first-order valence-corrected chi connectivity index (χ1v) is 11.1. The SMILES string of the molecule is COc1ccccc1C1=C(Nc2cc(Cl)ccc2C)C(=O)N(c2cccc3ccccc23)C1=O. The highest BCUT2D eigenvalue weighted by molar-refractivity contribution is 6.47. The number of amides is 2. The molecule has 1 aliphatic heterocycles. The smallest absolute Gasteiger partial charge is 0.282 e. The molecule has 0 saturated heterocycles. The minimum absolute atomic E-state index is 0.174. The number of carbonyl (C=O) groups is 2. The van der Waals surface area contributed by atoms with Gasteiger partial charge in [-0.1, -0.05) is 72.3 Å². The predicted octanol–water partition coefficient (Wildman–Crippen LogP) is 6.21. The van der Waals surface area contributed by atoms with Crippen molar-refractivity contribution in [2.45, 2.75) is 6.92 Å². The molecule has 0 spiro atoms. The fraction of sp³-hybridized carbons (Fsp3) is 0.0714. The van der Waals surface area contributed by atoms with Crippen LogP contribution in [0.5, 0.6) is 5.75 Å². The van der Waals surface area contributed by atoms with Crippen molar-refractivity contribution >= 4 is 51.1 Å². The summed E-state index contributed by atoms with van der Waals surface area (Å²) in [6.45, 7) is 1.91. The van der Waals surface area contributed by atoms with E-state index in [0.717, 1.165) is 16.3 Å². The standard InChI is InChI=1S/C28H21ClN2O3/c1-17-14-15-19(29)16-22(17)30-26-25(21-11-5-6-13-24(21)34-2)27(32)31(28(26)33)23-12-7-9-18-8-3-4-10-20(18)23/h3-16,30H,1-2H3. The van der Waals surface area contributed by atoms with Gasteiger partial charge in [0.25, 0.3) is 11.8 Å². The van der Waals surface area contributed by atoms with Gasteiger partial charge in [-0.15, -0.1) is 0 Å². The van der Waals surface area contributed by atoms with Gasteiger partial charge in [-0.3, -0.25) is 9.59 Å². The average Bonchev–Trinajstić information content (AvgIpc) is 3.09. The van der Waals surface area contributed by atoms with Gasteiger partial charge in [0.15, 0.2) is 0 Å². The van der Waals surface area contributed by atoms with Crippen LogP contribution >= 0.6 is 11.6 Å². The molecule has 5 rings (SSSR count). The molecule has 2 amide bonds. The normalized spacial score (nSPS) is 13.7. The molecule has 34 heavy (non-hydrogen) atoms. The molecule has 4 aromatic carbocycles. The van der Waals surface area contributed by atoms with Crippen molar-refractivity contribution in [2.75, 3.05) is 17.3 Å². The van der Waals surface area contributed by atoms with Gasteiger partial charge in [0.1, 0.15) is 11.4 Å². The number of anilines is 2. The lowest BCUT2D eigenvalue weighted by atomic mass is 10.0. The van der Waals surface area contributed by atoms with E-state index in [-0.39, 0.29) is 11.3 Å². The minimum Gasteiger partial charge on any atom is -0.496 e. The Balaban J connectivity index is 1.71. The van der Waals surface area contributed by atoms with E-state index in [1.807, 2.05) is 61.5 Å². The number of ether oxygens (including phenoxy) is 1. The molecule has 5 nitrogen and oxygen atoms in total. The molecular weight excluding hydrogens is 448 g/mol. The van der Waals surface area contributed by atoms with E-state index >= 15 is 0 Å². The molecule has 0 aromatic heterocycles. The number of hydrogen-bond acceptors (Lipinski definition) is 4. The van der Waals surface area contributed by atoms with Gasteiger partial charge in [0, 0.05) is 21.7 Å². The Hall–Kier alpha value is -4.09. The third-order valence-corrected chi connectivity index (χ3v) is 6.16. The van der Waals surface area contributed by atoms with Gasteiger partial charge >= 0.3 is 0 Å². The predicted molar refractivity (Wildman–Crippen MR) is 136 cm³/mol. The van der Waals surface area contributed by atoms with Crippen LogP contribution < -0.4 is 15.0 Å². The monoisotopic (exact) mass is 468 g/mol. The number of rotatable bonds is 5. The van der Waals surface area contributed by atoms with Crippen LogP contribution in [-0.4, -0.2) is 18.9 Å². The van der Waals surface area contributed by atoms with Crippen molar-refractivity contribution in [3.05, 3.63) is 107 Å². The highest BCUT2D eigenvalue weighted by Gasteiger charge is 2.41. The van der Waals surface area contributed by atoms with E-state index in [1.165, 1.54) is 12.0 Å². The van der Waals surface area contributed by atoms with Crippen LogP contribution in [0.4, 0.5) is 11.4 Å². The van der Waals surface area contributed by atoms with E-state index in [1.54, 1.807) is 30.3 Å². The minimum atomic E-state index is -0.443. The van der Waals surface area contributed by atoms with E-state index in [9.17, 15) is 9.59 Å². The molecular formula is C28H21ClN2O3. The Labute approximate surface area is 202 Å². The number of carbonyl (C=O) groups excluding carboxylic acids is 2. The molecule has 6 heteroatoms. The molecule has 0 saturated carbocycles. The summed E-state index contributed by atoms with van der Waals surface area (Å²) in [7, 11) is 1.54. The van der Waals surface area contributed by atoms with Crippen molar-refractivity contribution in [3.63, 3.8) is 0 Å². The summed E-state index contributed by atoms with van der Waals surface area (Å²) in [5, 5.41) is 5.48. The van der Waals surface area contributed by atoms with Crippen LogP contribution in [-0.2, 0) is 9.59 Å². The average molecular weight is 469 g/mol. The van der Waals surface area contributed by atoms with Crippen molar-refractivity contribution in [1.29, 1.82) is 0 Å². The number of imide groups is 1. The van der Waals surface area contributed by atoms with Gasteiger partial charge in [-0.25, -0.2) is 4.90 Å². The number of nitrogens with one attached hydrogen (secondary N) is 1. The van der Waals surface area contributed by atoms with Crippen molar-refractivity contribution < 1.29 is 14.3 Å². The van der Waals surface area contributed by atoms with E-state index in [0.29, 0.717) is 27.7 Å². The summed E-state index contributed by atoms with van der Waals surface area (Å²) in [6, 6.07) is 25.8. The van der Waals surface area contributed by atoms with Crippen molar-refractivity contribution in [3.8, 4) is 5.75 Å². The second-order valence-electron chi connectivity index (χ2n) is 7.98. The number of hydrogen-bond donors (Lipinski definition) is 1. The lowest BCUT2D eigenvalue weighted by Crippen LogP contribution is -2.32. The molecule has 0 fully saturated rings. The number of aryl methyl sites for hydroxylation is 1. The maximum atomic E-state index is 13.9. The van der Waals surface area contributed by atoms with Gasteiger partial charge in [-0.2, -0.15) is 0 Å². The molecule has 0 unspecified atom stereocenters. The largest absolute Gasteiger partial charge is 0.496 e. The Bertz CT molecular complexity index is 1490. The first kappa shape index (κ1) is 21.7. The van der Waals surface area contributed by atoms with Crippen molar-refractivity contribution in [1.82, 2.24) is 0 Å². The van der Waals surface area contributed by atoms with Gasteiger partial charge < -0.3 is 10.1 Å². The molecule has 0 bridgehead atoms. The topological polar surface area (TPSA) is 58.6 Å². The lowest BCUT2D eigenvalue weighted by molar-refractivity contribution is -0.120. The second-order valence-corrected chi connectivity index (χ2v) is 8.41. The maximum Gasteiger partial charge on any atom is 0.282 e. The number of methoxy groups -OCH3 is 1. The zero-order valence-electron chi connectivity index (χ0n) is 18.6. The number of benzene rings is 4. The summed E-state index contributed by atoms with van der Waals surface area (Å²) >= 11 is 6.22. The molecule has 4 aromatic rings. The molecule has 0 atom stereocenters. The van der Waals surface area contributed by atoms with Crippen LogP contribution in [0.1, 0.15) is 11.1 Å². The van der Waals surface area contributed by atoms with Gasteiger partial charge in [0.2, 0.25) is 0 Å². The third kappa shape index (κ3) is 3.60. The molecule has 1 N–H and O–H groups in total. The molecule has 0 radical (unpaired) electrons. The zero-order chi connectivity index (χ0) is 23.8. The molecule has 0 aliphatic carbocycles. The van der Waals surface area contributed by atoms with E-state index in [4.69, 9.17) is 16.3 Å². The Morgan fingerprint density at radius 3 is 2.41 bits per heavy atom. The number of fused-ring (bicyclic) bond motifs is 1. The van der Waals surface area contributed by atoms with Gasteiger partial charge in [0.05, 0.1) is 18.4 Å².